The predicted molar refractivity (Wildman–Crippen MR) is 100 cm³/mol. The monoisotopic (exact) mass is 339 g/mol. The number of amides is 1. The first kappa shape index (κ1) is 17.2. The zero-order chi connectivity index (χ0) is 17.6. The van der Waals surface area contributed by atoms with E-state index in [0.717, 1.165) is 55.6 Å². The van der Waals surface area contributed by atoms with Gasteiger partial charge in [-0.25, -0.2) is 9.97 Å². The van der Waals surface area contributed by atoms with Crippen molar-refractivity contribution >= 4 is 23.2 Å². The van der Waals surface area contributed by atoms with E-state index in [2.05, 4.69) is 25.5 Å². The van der Waals surface area contributed by atoms with Gasteiger partial charge in [-0.15, -0.1) is 0 Å². The molecule has 0 bridgehead atoms. The summed E-state index contributed by atoms with van der Waals surface area (Å²) in [6, 6.07) is 12.0. The summed E-state index contributed by atoms with van der Waals surface area (Å²) in [5.74, 6) is 2.99. The second kappa shape index (κ2) is 7.96. The highest BCUT2D eigenvalue weighted by atomic mass is 16.1. The molecule has 1 amide bonds. The highest BCUT2D eigenvalue weighted by Gasteiger charge is 2.21. The number of piperidine rings is 1. The molecule has 1 saturated heterocycles. The summed E-state index contributed by atoms with van der Waals surface area (Å²) in [4.78, 5) is 22.6. The average Bonchev–Trinajstić information content (AvgIpc) is 2.60. The van der Waals surface area contributed by atoms with E-state index in [-0.39, 0.29) is 5.91 Å². The van der Waals surface area contributed by atoms with Gasteiger partial charge in [0.25, 0.3) is 0 Å². The number of nitrogens with zero attached hydrogens (tertiary/aromatic N) is 3. The molecule has 0 radical (unpaired) electrons. The van der Waals surface area contributed by atoms with Gasteiger partial charge < -0.3 is 15.5 Å². The van der Waals surface area contributed by atoms with Crippen LogP contribution in [0.2, 0.25) is 0 Å². The zero-order valence-electron chi connectivity index (χ0n) is 14.8. The second-order valence-corrected chi connectivity index (χ2v) is 6.54. The summed E-state index contributed by atoms with van der Waals surface area (Å²) >= 11 is 0. The SMILES string of the molecule is CC(=O)NCC1CCCN(c2cc(Nc3ccccc3)nc(C)n2)C1. The number of aryl methyl sites for hydroxylation is 1. The Labute approximate surface area is 148 Å². The van der Waals surface area contributed by atoms with E-state index in [0.29, 0.717) is 5.92 Å². The predicted octanol–water partition coefficient (Wildman–Crippen LogP) is 2.88. The quantitative estimate of drug-likeness (QED) is 0.876. The number of hydrogen-bond donors (Lipinski definition) is 2. The van der Waals surface area contributed by atoms with Gasteiger partial charge in [-0.05, 0) is 37.8 Å². The van der Waals surface area contributed by atoms with Crippen molar-refractivity contribution in [1.29, 1.82) is 0 Å². The third-order valence-corrected chi connectivity index (χ3v) is 4.35. The van der Waals surface area contributed by atoms with Crippen LogP contribution < -0.4 is 15.5 Å². The number of para-hydroxylation sites is 1. The molecule has 0 saturated carbocycles. The van der Waals surface area contributed by atoms with Crippen LogP contribution in [0, 0.1) is 12.8 Å². The molecule has 25 heavy (non-hydrogen) atoms. The molecule has 1 fully saturated rings. The molecule has 1 aliphatic heterocycles. The lowest BCUT2D eigenvalue weighted by atomic mass is 9.98. The standard InChI is InChI=1S/C19H25N5O/c1-14-21-18(23-17-8-4-3-5-9-17)11-19(22-14)24-10-6-7-16(13-24)12-20-15(2)25/h3-5,8-9,11,16H,6-7,10,12-13H2,1-2H3,(H,20,25)(H,21,22,23). The van der Waals surface area contributed by atoms with E-state index < -0.39 is 0 Å². The van der Waals surface area contributed by atoms with E-state index in [1.807, 2.05) is 43.3 Å². The van der Waals surface area contributed by atoms with E-state index in [9.17, 15) is 4.79 Å². The molecule has 6 heteroatoms. The van der Waals surface area contributed by atoms with Crippen LogP contribution in [0.3, 0.4) is 0 Å². The lowest BCUT2D eigenvalue weighted by Gasteiger charge is -2.33. The molecule has 1 aromatic carbocycles. The number of nitrogens with one attached hydrogen (secondary N) is 2. The Morgan fingerprint density at radius 1 is 1.28 bits per heavy atom. The second-order valence-electron chi connectivity index (χ2n) is 6.54. The van der Waals surface area contributed by atoms with Gasteiger partial charge in [0, 0.05) is 38.3 Å². The Balaban J connectivity index is 1.72. The Morgan fingerprint density at radius 2 is 2.08 bits per heavy atom. The zero-order valence-corrected chi connectivity index (χ0v) is 14.8. The number of benzene rings is 1. The largest absolute Gasteiger partial charge is 0.356 e. The highest BCUT2D eigenvalue weighted by molar-refractivity contribution is 5.72. The number of aromatic nitrogens is 2. The number of rotatable bonds is 5. The molecule has 2 heterocycles. The summed E-state index contributed by atoms with van der Waals surface area (Å²) in [6.07, 6.45) is 2.24. The Kier molecular flexibility index (Phi) is 5.48. The molecule has 0 aliphatic carbocycles. The summed E-state index contributed by atoms with van der Waals surface area (Å²) in [6.45, 7) is 6.10. The van der Waals surface area contributed by atoms with Crippen LogP contribution in [0.15, 0.2) is 36.4 Å². The maximum atomic E-state index is 11.1. The van der Waals surface area contributed by atoms with Crippen molar-refractivity contribution in [3.05, 3.63) is 42.2 Å². The van der Waals surface area contributed by atoms with Crippen molar-refractivity contribution in [3.8, 4) is 0 Å². The van der Waals surface area contributed by atoms with Crippen molar-refractivity contribution in [2.24, 2.45) is 5.92 Å². The van der Waals surface area contributed by atoms with Gasteiger partial charge in [0.1, 0.15) is 17.5 Å². The number of anilines is 3. The maximum Gasteiger partial charge on any atom is 0.216 e. The maximum absolute atomic E-state index is 11.1. The number of hydrogen-bond acceptors (Lipinski definition) is 5. The van der Waals surface area contributed by atoms with E-state index in [1.54, 1.807) is 6.92 Å². The Bertz CT molecular complexity index is 719. The topological polar surface area (TPSA) is 70.2 Å². The summed E-state index contributed by atoms with van der Waals surface area (Å²) in [5.41, 5.74) is 1.01. The lowest BCUT2D eigenvalue weighted by molar-refractivity contribution is -0.119. The van der Waals surface area contributed by atoms with Gasteiger partial charge in [-0.2, -0.15) is 0 Å². The Hall–Kier alpha value is -2.63. The molecule has 1 unspecified atom stereocenters. The van der Waals surface area contributed by atoms with Crippen LogP contribution in [-0.2, 0) is 4.79 Å². The summed E-state index contributed by atoms with van der Waals surface area (Å²) in [5, 5.41) is 6.27. The molecule has 6 nitrogen and oxygen atoms in total. The molecule has 132 valence electrons. The third-order valence-electron chi connectivity index (χ3n) is 4.35. The van der Waals surface area contributed by atoms with Gasteiger partial charge in [0.2, 0.25) is 5.91 Å². The first-order valence-corrected chi connectivity index (χ1v) is 8.77. The Morgan fingerprint density at radius 3 is 2.84 bits per heavy atom. The fourth-order valence-electron chi connectivity index (χ4n) is 3.18. The van der Waals surface area contributed by atoms with Crippen molar-refractivity contribution in [3.63, 3.8) is 0 Å². The average molecular weight is 339 g/mol. The lowest BCUT2D eigenvalue weighted by Crippen LogP contribution is -2.41. The van der Waals surface area contributed by atoms with Crippen LogP contribution in [0.4, 0.5) is 17.3 Å². The summed E-state index contributed by atoms with van der Waals surface area (Å²) in [7, 11) is 0. The van der Waals surface area contributed by atoms with Crippen molar-refractivity contribution in [1.82, 2.24) is 15.3 Å². The molecular formula is C19H25N5O. The van der Waals surface area contributed by atoms with Crippen LogP contribution >= 0.6 is 0 Å². The van der Waals surface area contributed by atoms with Crippen molar-refractivity contribution in [2.45, 2.75) is 26.7 Å². The molecule has 2 aromatic rings. The molecule has 1 aliphatic rings. The third kappa shape index (κ3) is 4.92. The van der Waals surface area contributed by atoms with E-state index >= 15 is 0 Å². The van der Waals surface area contributed by atoms with Crippen LogP contribution in [0.25, 0.3) is 0 Å². The minimum absolute atomic E-state index is 0.0318. The summed E-state index contributed by atoms with van der Waals surface area (Å²) < 4.78 is 0. The van der Waals surface area contributed by atoms with Gasteiger partial charge >= 0.3 is 0 Å². The van der Waals surface area contributed by atoms with Crippen molar-refractivity contribution in [2.75, 3.05) is 29.9 Å². The van der Waals surface area contributed by atoms with Crippen LogP contribution in [0.1, 0.15) is 25.6 Å². The smallest absolute Gasteiger partial charge is 0.216 e. The van der Waals surface area contributed by atoms with Gasteiger partial charge in [0.05, 0.1) is 0 Å². The first-order valence-electron chi connectivity index (χ1n) is 8.77. The molecule has 1 aromatic heterocycles. The van der Waals surface area contributed by atoms with Crippen LogP contribution in [0.5, 0.6) is 0 Å². The van der Waals surface area contributed by atoms with Crippen LogP contribution in [-0.4, -0.2) is 35.5 Å². The van der Waals surface area contributed by atoms with E-state index in [1.165, 1.54) is 0 Å². The minimum Gasteiger partial charge on any atom is -0.356 e. The first-order chi connectivity index (χ1) is 12.1. The fraction of sp³-hybridized carbons (Fsp3) is 0.421. The minimum atomic E-state index is 0.0318. The molecule has 0 spiro atoms. The number of carbonyl (C=O) groups is 1. The molecule has 3 rings (SSSR count). The molecule has 2 N–H and O–H groups in total. The van der Waals surface area contributed by atoms with Gasteiger partial charge in [-0.3, -0.25) is 4.79 Å². The van der Waals surface area contributed by atoms with Crippen molar-refractivity contribution < 1.29 is 4.79 Å². The molecular weight excluding hydrogens is 314 g/mol. The number of carbonyl (C=O) groups excluding carboxylic acids is 1. The van der Waals surface area contributed by atoms with E-state index in [4.69, 9.17) is 0 Å². The fourth-order valence-corrected chi connectivity index (χ4v) is 3.18. The highest BCUT2D eigenvalue weighted by Crippen LogP contribution is 2.24. The van der Waals surface area contributed by atoms with Gasteiger partial charge in [-0.1, -0.05) is 18.2 Å². The molecule has 1 atom stereocenters. The normalized spacial score (nSPS) is 17.2. The van der Waals surface area contributed by atoms with Gasteiger partial charge in [0.15, 0.2) is 0 Å².